The van der Waals surface area contributed by atoms with Gasteiger partial charge in [0.05, 0.1) is 0 Å². The maximum atomic E-state index is 12.1. The Labute approximate surface area is 213 Å². The van der Waals surface area contributed by atoms with Crippen molar-refractivity contribution >= 4 is 12.0 Å². The molecule has 1 amide bonds. The van der Waals surface area contributed by atoms with Crippen molar-refractivity contribution in [2.45, 2.75) is 97.9 Å². The number of amides is 1. The summed E-state index contributed by atoms with van der Waals surface area (Å²) in [6.45, 7) is 9.80. The van der Waals surface area contributed by atoms with E-state index in [0.717, 1.165) is 23.7 Å². The highest BCUT2D eigenvalue weighted by Gasteiger charge is 2.65. The normalized spacial score (nSPS) is 46.2. The van der Waals surface area contributed by atoms with Crippen LogP contribution >= 0.6 is 0 Å². The van der Waals surface area contributed by atoms with Crippen molar-refractivity contribution in [2.75, 3.05) is 7.05 Å². The monoisotopic (exact) mass is 474 g/mol. The summed E-state index contributed by atoms with van der Waals surface area (Å²) in [5.41, 5.74) is 4.23. The number of pyridine rings is 1. The lowest BCUT2D eigenvalue weighted by atomic mass is 9.39. The second kappa shape index (κ2) is 8.18. The third-order valence-corrected chi connectivity index (χ3v) is 12.8. The molecule has 0 aromatic carbocycles. The van der Waals surface area contributed by atoms with E-state index in [2.05, 4.69) is 50.2 Å². The van der Waals surface area contributed by atoms with E-state index in [1.54, 1.807) is 6.92 Å². The zero-order chi connectivity index (χ0) is 24.6. The second-order valence-corrected chi connectivity index (χ2v) is 13.9. The van der Waals surface area contributed by atoms with Crippen molar-refractivity contribution in [3.8, 4) is 0 Å². The van der Waals surface area contributed by atoms with Gasteiger partial charge >= 0.3 is 0 Å². The number of hydrogen-bond donors (Lipinski definition) is 0. The summed E-state index contributed by atoms with van der Waals surface area (Å²) in [7, 11) is 2.03. The predicted molar refractivity (Wildman–Crippen MR) is 143 cm³/mol. The van der Waals surface area contributed by atoms with E-state index in [9.17, 15) is 4.79 Å². The van der Waals surface area contributed by atoms with Gasteiger partial charge in [0.25, 0.3) is 0 Å². The third kappa shape index (κ3) is 3.42. The van der Waals surface area contributed by atoms with Crippen molar-refractivity contribution in [3.05, 3.63) is 35.7 Å². The maximum absolute atomic E-state index is 12.1. The van der Waals surface area contributed by atoms with E-state index >= 15 is 0 Å². The quantitative estimate of drug-likeness (QED) is 0.455. The first-order valence-corrected chi connectivity index (χ1v) is 14.5. The number of aromatic nitrogens is 1. The standard InChI is InChI=1S/C32H46N2O/c1-21(35)34(5)26-11-15-30(2)25(19-26)10-14-32(4)28-9-8-27(31(28,3)16-12-29(30)32)23-7-6-22-13-17-33-20-24(22)18-23/h6-7,13,17,20,23,25-29H,8-12,14-16,18-19H2,1-5H3/t23?,25-,26+,27+,28+,29+,30-,31+,32-/m0/s1. The second-order valence-electron chi connectivity index (χ2n) is 13.9. The average Bonchev–Trinajstić information content (AvgIpc) is 3.21. The minimum atomic E-state index is 0.236. The van der Waals surface area contributed by atoms with E-state index in [1.165, 1.54) is 75.3 Å². The van der Waals surface area contributed by atoms with Crippen LogP contribution in [-0.2, 0) is 11.2 Å². The van der Waals surface area contributed by atoms with Gasteiger partial charge in [-0.15, -0.1) is 0 Å². The molecule has 35 heavy (non-hydrogen) atoms. The fourth-order valence-corrected chi connectivity index (χ4v) is 10.9. The molecule has 190 valence electrons. The maximum Gasteiger partial charge on any atom is 0.219 e. The van der Waals surface area contributed by atoms with E-state index in [4.69, 9.17) is 0 Å². The van der Waals surface area contributed by atoms with Crippen LogP contribution in [0, 0.1) is 45.8 Å². The molecule has 0 N–H and O–H groups in total. The Kier molecular flexibility index (Phi) is 5.55. The molecular formula is C32H46N2O. The molecule has 0 bridgehead atoms. The van der Waals surface area contributed by atoms with Crippen LogP contribution in [0.5, 0.6) is 0 Å². The lowest BCUT2D eigenvalue weighted by Crippen LogP contribution is -2.60. The minimum absolute atomic E-state index is 0.236. The van der Waals surface area contributed by atoms with Gasteiger partial charge in [-0.1, -0.05) is 32.9 Å². The molecule has 4 fully saturated rings. The molecule has 5 aliphatic rings. The van der Waals surface area contributed by atoms with E-state index in [0.29, 0.717) is 28.2 Å². The number of nitrogens with zero attached hydrogens (tertiary/aromatic N) is 2. The highest BCUT2D eigenvalue weighted by atomic mass is 16.2. The molecule has 1 aromatic heterocycles. The van der Waals surface area contributed by atoms with Gasteiger partial charge in [0.1, 0.15) is 0 Å². The highest BCUT2D eigenvalue weighted by molar-refractivity contribution is 5.73. The van der Waals surface area contributed by atoms with Crippen LogP contribution < -0.4 is 0 Å². The molecule has 0 spiro atoms. The summed E-state index contributed by atoms with van der Waals surface area (Å²) in [6.07, 6.45) is 22.3. The van der Waals surface area contributed by atoms with Gasteiger partial charge in [0.15, 0.2) is 0 Å². The van der Waals surface area contributed by atoms with Gasteiger partial charge in [0, 0.05) is 32.4 Å². The zero-order valence-electron chi connectivity index (χ0n) is 22.7. The largest absolute Gasteiger partial charge is 0.343 e. The van der Waals surface area contributed by atoms with E-state index < -0.39 is 0 Å². The van der Waals surface area contributed by atoms with Crippen LogP contribution in [0.25, 0.3) is 6.08 Å². The SMILES string of the molecule is CC(=O)N(C)[C@@H]1CC[C@@]2(C)[C@@H](CC[C@]3(C)[C@@H]2CC[C@@]2(C)[C@H]3CC[C@@H]2C2C=Cc3ccncc3C2)C1. The van der Waals surface area contributed by atoms with Crippen molar-refractivity contribution in [1.82, 2.24) is 9.88 Å². The summed E-state index contributed by atoms with van der Waals surface area (Å²) < 4.78 is 0. The number of fused-ring (bicyclic) bond motifs is 6. The minimum Gasteiger partial charge on any atom is -0.343 e. The smallest absolute Gasteiger partial charge is 0.219 e. The summed E-state index contributed by atoms with van der Waals surface area (Å²) in [4.78, 5) is 18.5. The fraction of sp³-hybridized carbons (Fsp3) is 0.750. The van der Waals surface area contributed by atoms with Crippen LogP contribution in [-0.4, -0.2) is 28.9 Å². The van der Waals surface area contributed by atoms with Gasteiger partial charge < -0.3 is 4.90 Å². The molecule has 3 nitrogen and oxygen atoms in total. The average molecular weight is 475 g/mol. The van der Waals surface area contributed by atoms with Crippen molar-refractivity contribution in [3.63, 3.8) is 0 Å². The molecule has 1 unspecified atom stereocenters. The van der Waals surface area contributed by atoms with Crippen molar-refractivity contribution in [2.24, 2.45) is 45.8 Å². The van der Waals surface area contributed by atoms with Gasteiger partial charge in [0.2, 0.25) is 5.91 Å². The molecule has 1 heterocycles. The lowest BCUT2D eigenvalue weighted by Gasteiger charge is -2.66. The number of carbonyl (C=O) groups excluding carboxylic acids is 1. The van der Waals surface area contributed by atoms with Crippen LogP contribution in [0.4, 0.5) is 0 Å². The first-order valence-electron chi connectivity index (χ1n) is 14.5. The van der Waals surface area contributed by atoms with Crippen LogP contribution in [0.3, 0.4) is 0 Å². The molecule has 0 radical (unpaired) electrons. The Morgan fingerprint density at radius 1 is 0.971 bits per heavy atom. The van der Waals surface area contributed by atoms with Gasteiger partial charge in [-0.3, -0.25) is 9.78 Å². The van der Waals surface area contributed by atoms with Crippen LogP contribution in [0.15, 0.2) is 24.5 Å². The Morgan fingerprint density at radius 3 is 2.51 bits per heavy atom. The first-order chi connectivity index (χ1) is 16.7. The number of rotatable bonds is 2. The Morgan fingerprint density at radius 2 is 1.71 bits per heavy atom. The summed E-state index contributed by atoms with van der Waals surface area (Å²) in [5.74, 6) is 4.21. The number of hydrogen-bond acceptors (Lipinski definition) is 2. The molecule has 0 aliphatic heterocycles. The Balaban J connectivity index is 1.24. The van der Waals surface area contributed by atoms with Gasteiger partial charge in [-0.25, -0.2) is 0 Å². The summed E-state index contributed by atoms with van der Waals surface area (Å²) in [5, 5.41) is 0. The van der Waals surface area contributed by atoms with E-state index in [1.807, 2.05) is 18.1 Å². The van der Waals surface area contributed by atoms with Crippen LogP contribution in [0.2, 0.25) is 0 Å². The molecule has 4 saturated carbocycles. The Bertz CT molecular complexity index is 1030. The molecule has 0 saturated heterocycles. The number of carbonyl (C=O) groups is 1. The third-order valence-electron chi connectivity index (χ3n) is 12.8. The Hall–Kier alpha value is -1.64. The molecule has 5 aliphatic carbocycles. The molecule has 1 aromatic rings. The molecule has 9 atom stereocenters. The van der Waals surface area contributed by atoms with E-state index in [-0.39, 0.29) is 5.91 Å². The van der Waals surface area contributed by atoms with Crippen molar-refractivity contribution < 1.29 is 4.79 Å². The first kappa shape index (κ1) is 23.7. The van der Waals surface area contributed by atoms with Crippen molar-refractivity contribution in [1.29, 1.82) is 0 Å². The fourth-order valence-electron chi connectivity index (χ4n) is 10.9. The topological polar surface area (TPSA) is 33.2 Å². The molecular weight excluding hydrogens is 428 g/mol. The molecule has 6 rings (SSSR count). The zero-order valence-corrected chi connectivity index (χ0v) is 22.7. The van der Waals surface area contributed by atoms with Gasteiger partial charge in [-0.2, -0.15) is 0 Å². The number of allylic oxidation sites excluding steroid dienone is 1. The lowest BCUT2D eigenvalue weighted by molar-refractivity contribution is -0.173. The molecule has 3 heteroatoms. The predicted octanol–water partition coefficient (Wildman–Crippen LogP) is 7.16. The summed E-state index contributed by atoms with van der Waals surface area (Å²) >= 11 is 0. The van der Waals surface area contributed by atoms with Crippen LogP contribution in [0.1, 0.15) is 96.6 Å². The highest BCUT2D eigenvalue weighted by Crippen LogP contribution is 2.73. The van der Waals surface area contributed by atoms with Gasteiger partial charge in [-0.05, 0) is 127 Å². The summed E-state index contributed by atoms with van der Waals surface area (Å²) in [6, 6.07) is 2.63.